The Balaban J connectivity index is 2.46. The number of nitrogens with zero attached hydrogens (tertiary/aromatic N) is 2. The van der Waals surface area contributed by atoms with E-state index in [4.69, 9.17) is 5.73 Å². The Kier molecular flexibility index (Phi) is 2.89. The van der Waals surface area contributed by atoms with E-state index in [2.05, 4.69) is 4.98 Å². The molecule has 1 fully saturated rings. The van der Waals surface area contributed by atoms with E-state index in [0.29, 0.717) is 6.54 Å². The Labute approximate surface area is 97.4 Å². The third-order valence-corrected chi connectivity index (χ3v) is 3.02. The van der Waals surface area contributed by atoms with Gasteiger partial charge in [-0.05, 0) is 25.8 Å². The van der Waals surface area contributed by atoms with Crippen molar-refractivity contribution in [1.29, 1.82) is 0 Å². The van der Waals surface area contributed by atoms with Gasteiger partial charge in [0, 0.05) is 12.6 Å². The van der Waals surface area contributed by atoms with Gasteiger partial charge in [0.25, 0.3) is 0 Å². The Morgan fingerprint density at radius 1 is 1.47 bits per heavy atom. The first-order valence-corrected chi connectivity index (χ1v) is 5.49. The zero-order valence-electron chi connectivity index (χ0n) is 9.46. The first-order valence-electron chi connectivity index (χ1n) is 5.49. The van der Waals surface area contributed by atoms with Crippen molar-refractivity contribution in [3.63, 3.8) is 0 Å². The van der Waals surface area contributed by atoms with Crippen LogP contribution in [0.4, 0.5) is 24.7 Å². The predicted octanol–water partition coefficient (Wildman–Crippen LogP) is 2.67. The number of aromatic nitrogens is 1. The third-order valence-electron chi connectivity index (χ3n) is 3.02. The molecule has 1 atom stereocenters. The van der Waals surface area contributed by atoms with Gasteiger partial charge in [-0.3, -0.25) is 0 Å². The standard InChI is InChI=1S/C11H14F3N3/c1-7-3-2-4-17(7)10-9(11(12,13)14)5-8(15)6-16-10/h5-7H,2-4,15H2,1H3. The molecule has 0 aromatic carbocycles. The van der Waals surface area contributed by atoms with Crippen molar-refractivity contribution in [3.8, 4) is 0 Å². The molecular weight excluding hydrogens is 231 g/mol. The molecule has 0 spiro atoms. The molecule has 1 saturated heterocycles. The smallest absolute Gasteiger partial charge is 0.397 e. The van der Waals surface area contributed by atoms with E-state index in [-0.39, 0.29) is 17.5 Å². The van der Waals surface area contributed by atoms with Crippen LogP contribution < -0.4 is 10.6 Å². The van der Waals surface area contributed by atoms with Crippen LogP contribution in [0.15, 0.2) is 12.3 Å². The SMILES string of the molecule is CC1CCCN1c1ncc(N)cc1C(F)(F)F. The molecule has 1 aromatic heterocycles. The van der Waals surface area contributed by atoms with Crippen molar-refractivity contribution in [3.05, 3.63) is 17.8 Å². The van der Waals surface area contributed by atoms with E-state index in [1.54, 1.807) is 4.90 Å². The fourth-order valence-electron chi connectivity index (χ4n) is 2.16. The van der Waals surface area contributed by atoms with Gasteiger partial charge in [-0.2, -0.15) is 13.2 Å². The van der Waals surface area contributed by atoms with Gasteiger partial charge in [0.05, 0.1) is 11.9 Å². The van der Waals surface area contributed by atoms with E-state index in [0.717, 1.165) is 18.9 Å². The minimum absolute atomic E-state index is 0.00306. The first-order chi connectivity index (χ1) is 7.89. The van der Waals surface area contributed by atoms with Gasteiger partial charge >= 0.3 is 6.18 Å². The highest BCUT2D eigenvalue weighted by atomic mass is 19.4. The lowest BCUT2D eigenvalue weighted by atomic mass is 10.2. The molecule has 0 amide bonds. The summed E-state index contributed by atoms with van der Waals surface area (Å²) >= 11 is 0. The van der Waals surface area contributed by atoms with Gasteiger partial charge in [0.2, 0.25) is 0 Å². The zero-order chi connectivity index (χ0) is 12.6. The van der Waals surface area contributed by atoms with Gasteiger partial charge in [0.15, 0.2) is 0 Å². The normalized spacial score (nSPS) is 20.9. The summed E-state index contributed by atoms with van der Waals surface area (Å²) in [5.41, 5.74) is 4.67. The number of alkyl halides is 3. The number of hydrogen-bond acceptors (Lipinski definition) is 3. The number of pyridine rings is 1. The van der Waals surface area contributed by atoms with Crippen LogP contribution in [-0.4, -0.2) is 17.6 Å². The third kappa shape index (κ3) is 2.30. The van der Waals surface area contributed by atoms with E-state index >= 15 is 0 Å². The lowest BCUT2D eigenvalue weighted by molar-refractivity contribution is -0.137. The molecule has 1 aliphatic heterocycles. The molecule has 6 heteroatoms. The topological polar surface area (TPSA) is 42.2 Å². The van der Waals surface area contributed by atoms with Crippen molar-refractivity contribution in [2.24, 2.45) is 0 Å². The van der Waals surface area contributed by atoms with Crippen molar-refractivity contribution < 1.29 is 13.2 Å². The molecule has 1 aromatic rings. The minimum Gasteiger partial charge on any atom is -0.397 e. The predicted molar refractivity (Wildman–Crippen MR) is 59.7 cm³/mol. The molecule has 0 aliphatic carbocycles. The summed E-state index contributed by atoms with van der Waals surface area (Å²) in [5, 5.41) is 0. The van der Waals surface area contributed by atoms with Gasteiger partial charge < -0.3 is 10.6 Å². The monoisotopic (exact) mass is 245 g/mol. The number of hydrogen-bond donors (Lipinski definition) is 1. The molecule has 1 aliphatic rings. The number of nitrogen functional groups attached to an aromatic ring is 1. The average molecular weight is 245 g/mol. The highest BCUT2D eigenvalue weighted by molar-refractivity contribution is 5.55. The second kappa shape index (κ2) is 4.09. The van der Waals surface area contributed by atoms with Crippen molar-refractivity contribution in [2.75, 3.05) is 17.2 Å². The quantitative estimate of drug-likeness (QED) is 0.827. The van der Waals surface area contributed by atoms with Gasteiger partial charge in [0.1, 0.15) is 11.4 Å². The van der Waals surface area contributed by atoms with Gasteiger partial charge in [-0.15, -0.1) is 0 Å². The molecule has 94 valence electrons. The molecular formula is C11H14F3N3. The first kappa shape index (κ1) is 12.0. The fourth-order valence-corrected chi connectivity index (χ4v) is 2.16. The Hall–Kier alpha value is -1.46. The molecule has 0 radical (unpaired) electrons. The summed E-state index contributed by atoms with van der Waals surface area (Å²) in [7, 11) is 0. The molecule has 2 heterocycles. The largest absolute Gasteiger partial charge is 0.420 e. The molecule has 2 N–H and O–H groups in total. The lowest BCUT2D eigenvalue weighted by Gasteiger charge is -2.25. The number of nitrogens with two attached hydrogens (primary N) is 1. The van der Waals surface area contributed by atoms with Crippen molar-refractivity contribution >= 4 is 11.5 Å². The maximum atomic E-state index is 12.9. The Morgan fingerprint density at radius 3 is 2.71 bits per heavy atom. The summed E-state index contributed by atoms with van der Waals surface area (Å²) in [6.07, 6.45) is -1.36. The highest BCUT2D eigenvalue weighted by Crippen LogP contribution is 2.38. The van der Waals surface area contributed by atoms with Gasteiger partial charge in [-0.1, -0.05) is 0 Å². The van der Waals surface area contributed by atoms with Crippen LogP contribution >= 0.6 is 0 Å². The molecule has 2 rings (SSSR count). The van der Waals surface area contributed by atoms with Crippen LogP contribution in [0, 0.1) is 0 Å². The number of rotatable bonds is 1. The molecule has 3 nitrogen and oxygen atoms in total. The molecule has 0 bridgehead atoms. The summed E-state index contributed by atoms with van der Waals surface area (Å²) in [5.74, 6) is -0.00306. The highest BCUT2D eigenvalue weighted by Gasteiger charge is 2.37. The lowest BCUT2D eigenvalue weighted by Crippen LogP contribution is -2.29. The maximum Gasteiger partial charge on any atom is 0.420 e. The van der Waals surface area contributed by atoms with Crippen LogP contribution in [0.25, 0.3) is 0 Å². The maximum absolute atomic E-state index is 12.9. The van der Waals surface area contributed by atoms with Crippen LogP contribution in [0.3, 0.4) is 0 Å². The van der Waals surface area contributed by atoms with E-state index in [1.165, 1.54) is 6.20 Å². The number of anilines is 2. The van der Waals surface area contributed by atoms with E-state index in [1.807, 2.05) is 6.92 Å². The number of halogens is 3. The summed E-state index contributed by atoms with van der Waals surface area (Å²) < 4.78 is 38.7. The van der Waals surface area contributed by atoms with E-state index in [9.17, 15) is 13.2 Å². The minimum atomic E-state index is -4.42. The van der Waals surface area contributed by atoms with Crippen molar-refractivity contribution in [1.82, 2.24) is 4.98 Å². The molecule has 0 saturated carbocycles. The molecule has 1 unspecified atom stereocenters. The van der Waals surface area contributed by atoms with Crippen LogP contribution in [0.1, 0.15) is 25.3 Å². The van der Waals surface area contributed by atoms with E-state index < -0.39 is 11.7 Å². The van der Waals surface area contributed by atoms with Crippen LogP contribution in [-0.2, 0) is 6.18 Å². The van der Waals surface area contributed by atoms with Gasteiger partial charge in [-0.25, -0.2) is 4.98 Å². The average Bonchev–Trinajstić information content (AvgIpc) is 2.63. The summed E-state index contributed by atoms with van der Waals surface area (Å²) in [4.78, 5) is 5.55. The zero-order valence-corrected chi connectivity index (χ0v) is 9.46. The second-order valence-electron chi connectivity index (χ2n) is 4.32. The van der Waals surface area contributed by atoms with Crippen LogP contribution in [0.2, 0.25) is 0 Å². The summed E-state index contributed by atoms with van der Waals surface area (Å²) in [6, 6.07) is 1.04. The fraction of sp³-hybridized carbons (Fsp3) is 0.545. The molecule has 17 heavy (non-hydrogen) atoms. The Bertz CT molecular complexity index is 417. The summed E-state index contributed by atoms with van der Waals surface area (Å²) in [6.45, 7) is 2.52. The Morgan fingerprint density at radius 2 is 2.18 bits per heavy atom. The van der Waals surface area contributed by atoms with Crippen LogP contribution in [0.5, 0.6) is 0 Å². The second-order valence-corrected chi connectivity index (χ2v) is 4.32. The van der Waals surface area contributed by atoms with Crippen molar-refractivity contribution in [2.45, 2.75) is 32.0 Å².